The summed E-state index contributed by atoms with van der Waals surface area (Å²) < 4.78 is 0. The fourth-order valence-corrected chi connectivity index (χ4v) is 1.20. The van der Waals surface area contributed by atoms with Crippen LogP contribution in [0.4, 0.5) is 0 Å². The third-order valence-electron chi connectivity index (χ3n) is 2.07. The second kappa shape index (κ2) is 2.67. The standard InChI is InChI=1S/C7H16N2/c1-6(2)7-4-8-9(3)5-7/h6-8H,4-5H2,1-3H3. The minimum atomic E-state index is 0.822. The van der Waals surface area contributed by atoms with Crippen LogP contribution in [0.1, 0.15) is 13.8 Å². The summed E-state index contributed by atoms with van der Waals surface area (Å²) in [5.41, 5.74) is 3.28. The van der Waals surface area contributed by atoms with E-state index < -0.39 is 0 Å². The monoisotopic (exact) mass is 128 g/mol. The van der Waals surface area contributed by atoms with Gasteiger partial charge in [-0.15, -0.1) is 0 Å². The molecule has 2 heteroatoms. The Hall–Kier alpha value is -0.0800. The maximum atomic E-state index is 3.28. The molecule has 0 radical (unpaired) electrons. The number of nitrogens with zero attached hydrogens (tertiary/aromatic N) is 1. The Morgan fingerprint density at radius 2 is 2.22 bits per heavy atom. The van der Waals surface area contributed by atoms with Gasteiger partial charge >= 0.3 is 0 Å². The van der Waals surface area contributed by atoms with Gasteiger partial charge in [-0.3, -0.25) is 5.43 Å². The van der Waals surface area contributed by atoms with Crippen LogP contribution in [0.25, 0.3) is 0 Å². The van der Waals surface area contributed by atoms with Crippen molar-refractivity contribution in [3.8, 4) is 0 Å². The second-order valence-electron chi connectivity index (χ2n) is 3.25. The molecule has 0 aliphatic carbocycles. The summed E-state index contributed by atoms with van der Waals surface area (Å²) in [6.07, 6.45) is 0. The van der Waals surface area contributed by atoms with Gasteiger partial charge in [0, 0.05) is 20.1 Å². The minimum absolute atomic E-state index is 0.822. The molecule has 1 unspecified atom stereocenters. The molecule has 0 aromatic rings. The normalized spacial score (nSPS) is 30.0. The van der Waals surface area contributed by atoms with Crippen molar-refractivity contribution in [1.82, 2.24) is 10.4 Å². The summed E-state index contributed by atoms with van der Waals surface area (Å²) in [5, 5.41) is 2.17. The third-order valence-corrected chi connectivity index (χ3v) is 2.07. The zero-order chi connectivity index (χ0) is 6.85. The molecule has 1 atom stereocenters. The lowest BCUT2D eigenvalue weighted by atomic mass is 9.97. The number of hydrogen-bond acceptors (Lipinski definition) is 2. The number of nitrogens with one attached hydrogen (secondary N) is 1. The van der Waals surface area contributed by atoms with E-state index >= 15 is 0 Å². The van der Waals surface area contributed by atoms with E-state index in [4.69, 9.17) is 0 Å². The van der Waals surface area contributed by atoms with Gasteiger partial charge in [-0.2, -0.15) is 0 Å². The van der Waals surface area contributed by atoms with E-state index in [0.29, 0.717) is 0 Å². The van der Waals surface area contributed by atoms with Gasteiger partial charge in [0.15, 0.2) is 0 Å². The second-order valence-corrected chi connectivity index (χ2v) is 3.25. The first-order chi connectivity index (χ1) is 4.20. The number of hydrogen-bond donors (Lipinski definition) is 1. The summed E-state index contributed by atoms with van der Waals surface area (Å²) >= 11 is 0. The van der Waals surface area contributed by atoms with Crippen molar-refractivity contribution < 1.29 is 0 Å². The predicted octanol–water partition coefficient (Wildman–Crippen LogP) is 0.709. The maximum absolute atomic E-state index is 3.28. The van der Waals surface area contributed by atoms with Crippen LogP contribution in [0.3, 0.4) is 0 Å². The van der Waals surface area contributed by atoms with Crippen LogP contribution < -0.4 is 5.43 Å². The SMILES string of the molecule is CC(C)C1CNN(C)C1. The summed E-state index contributed by atoms with van der Waals surface area (Å²) in [6, 6.07) is 0. The predicted molar refractivity (Wildman–Crippen MR) is 39.0 cm³/mol. The molecule has 1 aliphatic heterocycles. The van der Waals surface area contributed by atoms with Gasteiger partial charge in [-0.25, -0.2) is 5.01 Å². The molecule has 0 saturated carbocycles. The van der Waals surface area contributed by atoms with E-state index in [9.17, 15) is 0 Å². The van der Waals surface area contributed by atoms with Gasteiger partial charge in [0.1, 0.15) is 0 Å². The van der Waals surface area contributed by atoms with Gasteiger partial charge in [-0.05, 0) is 11.8 Å². The molecule has 0 aromatic carbocycles. The molecule has 1 aliphatic rings. The highest BCUT2D eigenvalue weighted by Gasteiger charge is 2.21. The number of hydrazine groups is 1. The Labute approximate surface area is 57.2 Å². The lowest BCUT2D eigenvalue weighted by molar-refractivity contribution is 0.300. The van der Waals surface area contributed by atoms with Gasteiger partial charge in [0.2, 0.25) is 0 Å². The molecular formula is C7H16N2. The van der Waals surface area contributed by atoms with E-state index in [0.717, 1.165) is 18.4 Å². The van der Waals surface area contributed by atoms with Crippen molar-refractivity contribution in [2.24, 2.45) is 11.8 Å². The zero-order valence-corrected chi connectivity index (χ0v) is 6.52. The van der Waals surface area contributed by atoms with E-state index in [1.807, 2.05) is 0 Å². The summed E-state index contributed by atoms with van der Waals surface area (Å²) in [4.78, 5) is 0. The van der Waals surface area contributed by atoms with Crippen molar-refractivity contribution in [3.63, 3.8) is 0 Å². The molecule has 0 bridgehead atoms. The zero-order valence-electron chi connectivity index (χ0n) is 6.52. The lowest BCUT2D eigenvalue weighted by Gasteiger charge is -2.11. The molecule has 1 heterocycles. The fraction of sp³-hybridized carbons (Fsp3) is 1.00. The Morgan fingerprint density at radius 3 is 2.44 bits per heavy atom. The Kier molecular flexibility index (Phi) is 2.09. The molecule has 1 saturated heterocycles. The van der Waals surface area contributed by atoms with Crippen molar-refractivity contribution in [3.05, 3.63) is 0 Å². The average Bonchev–Trinajstić information content (AvgIpc) is 2.14. The molecule has 1 fully saturated rings. The molecular weight excluding hydrogens is 112 g/mol. The molecule has 0 spiro atoms. The fourth-order valence-electron chi connectivity index (χ4n) is 1.20. The largest absolute Gasteiger partial charge is 0.255 e. The average molecular weight is 128 g/mol. The summed E-state index contributed by atoms with van der Waals surface area (Å²) in [7, 11) is 2.10. The highest BCUT2D eigenvalue weighted by molar-refractivity contribution is 4.72. The van der Waals surface area contributed by atoms with Crippen LogP contribution in [-0.4, -0.2) is 25.1 Å². The van der Waals surface area contributed by atoms with E-state index in [1.165, 1.54) is 6.54 Å². The number of rotatable bonds is 1. The first-order valence-electron chi connectivity index (χ1n) is 3.65. The van der Waals surface area contributed by atoms with Crippen molar-refractivity contribution >= 4 is 0 Å². The molecule has 0 amide bonds. The van der Waals surface area contributed by atoms with Crippen LogP contribution >= 0.6 is 0 Å². The van der Waals surface area contributed by atoms with Crippen LogP contribution in [0, 0.1) is 11.8 Å². The quantitative estimate of drug-likeness (QED) is 0.559. The van der Waals surface area contributed by atoms with Crippen LogP contribution in [0.15, 0.2) is 0 Å². The topological polar surface area (TPSA) is 15.3 Å². The van der Waals surface area contributed by atoms with Gasteiger partial charge < -0.3 is 0 Å². The first kappa shape index (κ1) is 7.03. The van der Waals surface area contributed by atoms with E-state index in [2.05, 4.69) is 31.3 Å². The molecule has 54 valence electrons. The van der Waals surface area contributed by atoms with Crippen molar-refractivity contribution in [2.45, 2.75) is 13.8 Å². The highest BCUT2D eigenvalue weighted by atomic mass is 15.5. The van der Waals surface area contributed by atoms with Crippen LogP contribution in [0.2, 0.25) is 0 Å². The third kappa shape index (κ3) is 1.66. The van der Waals surface area contributed by atoms with Crippen LogP contribution in [0.5, 0.6) is 0 Å². The van der Waals surface area contributed by atoms with Gasteiger partial charge in [0.25, 0.3) is 0 Å². The molecule has 0 aromatic heterocycles. The van der Waals surface area contributed by atoms with Crippen LogP contribution in [-0.2, 0) is 0 Å². The van der Waals surface area contributed by atoms with Crippen molar-refractivity contribution in [1.29, 1.82) is 0 Å². The summed E-state index contributed by atoms with van der Waals surface area (Å²) in [6.45, 7) is 6.93. The molecule has 1 N–H and O–H groups in total. The summed E-state index contributed by atoms with van der Waals surface area (Å²) in [5.74, 6) is 1.68. The van der Waals surface area contributed by atoms with Gasteiger partial charge in [-0.1, -0.05) is 13.8 Å². The molecule has 1 rings (SSSR count). The Bertz CT molecular complexity index is 90.9. The molecule has 2 nitrogen and oxygen atoms in total. The first-order valence-corrected chi connectivity index (χ1v) is 3.65. The van der Waals surface area contributed by atoms with Gasteiger partial charge in [0.05, 0.1) is 0 Å². The molecule has 9 heavy (non-hydrogen) atoms. The smallest absolute Gasteiger partial charge is 0.0171 e. The minimum Gasteiger partial charge on any atom is -0.255 e. The Morgan fingerprint density at radius 1 is 1.56 bits per heavy atom. The van der Waals surface area contributed by atoms with E-state index in [-0.39, 0.29) is 0 Å². The highest BCUT2D eigenvalue weighted by Crippen LogP contribution is 2.14. The van der Waals surface area contributed by atoms with Crippen molar-refractivity contribution in [2.75, 3.05) is 20.1 Å². The van der Waals surface area contributed by atoms with E-state index in [1.54, 1.807) is 0 Å². The maximum Gasteiger partial charge on any atom is 0.0171 e. The Balaban J connectivity index is 2.30. The lowest BCUT2D eigenvalue weighted by Crippen LogP contribution is -2.25.